The highest BCUT2D eigenvalue weighted by atomic mass is 19.1. The summed E-state index contributed by atoms with van der Waals surface area (Å²) < 4.78 is 20.3. The van der Waals surface area contributed by atoms with E-state index in [1.165, 1.54) is 6.07 Å². The highest BCUT2D eigenvalue weighted by Gasteiger charge is 2.64. The molecule has 3 aromatic rings. The number of benzene rings is 3. The maximum Gasteiger partial charge on any atom is 0.421 e. The number of carbonyl (C=O) groups excluding carboxylic acids is 4. The van der Waals surface area contributed by atoms with Crippen molar-refractivity contribution in [3.8, 4) is 0 Å². The predicted molar refractivity (Wildman–Crippen MR) is 134 cm³/mol. The maximum atomic E-state index is 14.7. The molecule has 1 fully saturated rings. The Morgan fingerprint density at radius 3 is 2.19 bits per heavy atom. The quantitative estimate of drug-likeness (QED) is 0.474. The average molecular weight is 501 g/mol. The van der Waals surface area contributed by atoms with Gasteiger partial charge in [-0.1, -0.05) is 48.5 Å². The Labute approximate surface area is 213 Å². The zero-order chi connectivity index (χ0) is 26.5. The molecule has 0 bridgehead atoms. The first-order chi connectivity index (χ1) is 17.6. The van der Waals surface area contributed by atoms with Gasteiger partial charge in [0.1, 0.15) is 16.8 Å². The van der Waals surface area contributed by atoms with Crippen molar-refractivity contribution in [3.05, 3.63) is 95.8 Å². The van der Waals surface area contributed by atoms with Crippen molar-refractivity contribution in [3.63, 3.8) is 0 Å². The van der Waals surface area contributed by atoms with E-state index in [9.17, 15) is 23.6 Å². The number of ether oxygens (including phenoxy) is 1. The van der Waals surface area contributed by atoms with Gasteiger partial charge in [-0.2, -0.15) is 0 Å². The second kappa shape index (κ2) is 8.65. The van der Waals surface area contributed by atoms with E-state index in [4.69, 9.17) is 4.74 Å². The lowest BCUT2D eigenvalue weighted by Crippen LogP contribution is -2.51. The molecular weight excluding hydrogens is 475 g/mol. The van der Waals surface area contributed by atoms with Gasteiger partial charge in [0.25, 0.3) is 5.91 Å². The van der Waals surface area contributed by atoms with E-state index in [1.807, 2.05) is 0 Å². The van der Waals surface area contributed by atoms with Crippen LogP contribution in [0.3, 0.4) is 0 Å². The number of hydrogen-bond acceptors (Lipinski definition) is 5. The highest BCUT2D eigenvalue weighted by molar-refractivity contribution is 6.28. The molecule has 0 saturated carbocycles. The lowest BCUT2D eigenvalue weighted by molar-refractivity contribution is -0.130. The maximum absolute atomic E-state index is 14.7. The first-order valence-electron chi connectivity index (χ1n) is 11.9. The van der Waals surface area contributed by atoms with Crippen LogP contribution in [0.2, 0.25) is 0 Å². The molecule has 0 spiro atoms. The summed E-state index contributed by atoms with van der Waals surface area (Å²) in [6, 6.07) is 20.5. The molecule has 0 aromatic heterocycles. The Morgan fingerprint density at radius 2 is 1.57 bits per heavy atom. The molecule has 0 aliphatic carbocycles. The first kappa shape index (κ1) is 24.4. The third kappa shape index (κ3) is 3.80. The minimum atomic E-state index is -1.83. The van der Waals surface area contributed by atoms with E-state index >= 15 is 0 Å². The third-order valence-corrected chi connectivity index (χ3v) is 6.65. The molecule has 37 heavy (non-hydrogen) atoms. The van der Waals surface area contributed by atoms with Gasteiger partial charge in [-0.05, 0) is 56.7 Å². The van der Waals surface area contributed by atoms with Gasteiger partial charge in [-0.15, -0.1) is 0 Å². The number of carbonyl (C=O) groups is 4. The normalized spacial score (nSPS) is 21.4. The van der Waals surface area contributed by atoms with Crippen LogP contribution in [0.4, 0.5) is 20.6 Å². The molecular formula is C29H25FN2O5. The van der Waals surface area contributed by atoms with Crippen LogP contribution >= 0.6 is 0 Å². The molecule has 5 rings (SSSR count). The van der Waals surface area contributed by atoms with E-state index < -0.39 is 46.6 Å². The SMILES string of the molecule is CC(C)(C)OC(=O)N1C(=O)[C@](c2ccccc2)([C@H]2CC(=O)N(c3ccccc3)C2=O)c2cc(F)ccc21. The topological polar surface area (TPSA) is 84.0 Å². The number of halogens is 1. The fourth-order valence-corrected chi connectivity index (χ4v) is 5.25. The number of anilines is 2. The molecule has 2 aliphatic rings. The number of rotatable bonds is 3. The number of imide groups is 2. The van der Waals surface area contributed by atoms with Gasteiger partial charge in [0, 0.05) is 12.0 Å². The van der Waals surface area contributed by atoms with Crippen LogP contribution in [0, 0.1) is 11.7 Å². The lowest BCUT2D eigenvalue weighted by Gasteiger charge is -2.33. The van der Waals surface area contributed by atoms with E-state index in [0.29, 0.717) is 11.3 Å². The summed E-state index contributed by atoms with van der Waals surface area (Å²) in [6.07, 6.45) is -1.24. The second-order valence-electron chi connectivity index (χ2n) is 10.1. The summed E-state index contributed by atoms with van der Waals surface area (Å²) >= 11 is 0. The van der Waals surface area contributed by atoms with Crippen molar-refractivity contribution in [2.75, 3.05) is 9.80 Å². The minimum absolute atomic E-state index is 0.114. The number of nitrogens with zero attached hydrogens (tertiary/aromatic N) is 2. The molecule has 3 aromatic carbocycles. The Morgan fingerprint density at radius 1 is 0.946 bits per heavy atom. The van der Waals surface area contributed by atoms with Gasteiger partial charge in [-0.25, -0.2) is 14.1 Å². The van der Waals surface area contributed by atoms with Gasteiger partial charge in [0.15, 0.2) is 0 Å². The summed E-state index contributed by atoms with van der Waals surface area (Å²) in [5.74, 6) is -3.72. The number of amides is 4. The van der Waals surface area contributed by atoms with Crippen molar-refractivity contribution in [2.45, 2.75) is 38.2 Å². The average Bonchev–Trinajstić information content (AvgIpc) is 3.28. The zero-order valence-corrected chi connectivity index (χ0v) is 20.6. The van der Waals surface area contributed by atoms with Crippen molar-refractivity contribution in [2.24, 2.45) is 5.92 Å². The number of fused-ring (bicyclic) bond motifs is 1. The second-order valence-corrected chi connectivity index (χ2v) is 10.1. The molecule has 7 nitrogen and oxygen atoms in total. The molecule has 188 valence electrons. The van der Waals surface area contributed by atoms with Crippen LogP contribution in [-0.4, -0.2) is 29.4 Å². The van der Waals surface area contributed by atoms with Crippen molar-refractivity contribution < 1.29 is 28.3 Å². The molecule has 2 heterocycles. The number of hydrogen-bond donors (Lipinski definition) is 0. The Hall–Kier alpha value is -4.33. The standard InChI is InChI=1S/C29H25FN2O5/c1-28(2,3)37-27(36)32-23-15-14-19(30)16-21(23)29(26(32)35,18-10-6-4-7-11-18)22-17-24(33)31(25(22)34)20-12-8-5-9-13-20/h4-16,22H,17H2,1-3H3/t22-,29-/m0/s1. The molecule has 0 radical (unpaired) electrons. The summed E-state index contributed by atoms with van der Waals surface area (Å²) in [4.78, 5) is 56.8. The zero-order valence-electron chi connectivity index (χ0n) is 20.6. The first-order valence-corrected chi connectivity index (χ1v) is 11.9. The van der Waals surface area contributed by atoms with E-state index in [0.717, 1.165) is 21.9 Å². The monoisotopic (exact) mass is 500 g/mol. The van der Waals surface area contributed by atoms with Gasteiger partial charge >= 0.3 is 6.09 Å². The minimum Gasteiger partial charge on any atom is -0.443 e. The van der Waals surface area contributed by atoms with Crippen LogP contribution in [0.5, 0.6) is 0 Å². The van der Waals surface area contributed by atoms with Crippen LogP contribution < -0.4 is 9.80 Å². The van der Waals surface area contributed by atoms with Crippen molar-refractivity contribution in [1.82, 2.24) is 0 Å². The molecule has 0 unspecified atom stereocenters. The van der Waals surface area contributed by atoms with E-state index in [-0.39, 0.29) is 17.7 Å². The lowest BCUT2D eigenvalue weighted by atomic mass is 9.65. The van der Waals surface area contributed by atoms with Gasteiger partial charge in [0.2, 0.25) is 11.8 Å². The largest absolute Gasteiger partial charge is 0.443 e. The fourth-order valence-electron chi connectivity index (χ4n) is 5.25. The summed E-state index contributed by atoms with van der Waals surface area (Å²) in [5, 5.41) is 0. The molecule has 8 heteroatoms. The molecule has 1 saturated heterocycles. The summed E-state index contributed by atoms with van der Waals surface area (Å²) in [7, 11) is 0. The van der Waals surface area contributed by atoms with Crippen molar-refractivity contribution >= 4 is 35.2 Å². The van der Waals surface area contributed by atoms with Crippen LogP contribution in [0.1, 0.15) is 38.3 Å². The van der Waals surface area contributed by atoms with Gasteiger partial charge < -0.3 is 4.74 Å². The summed E-state index contributed by atoms with van der Waals surface area (Å²) in [5.41, 5.74) is -1.75. The van der Waals surface area contributed by atoms with Crippen LogP contribution in [-0.2, 0) is 24.5 Å². The molecule has 4 amide bonds. The van der Waals surface area contributed by atoms with E-state index in [1.54, 1.807) is 81.4 Å². The number of para-hydroxylation sites is 1. The fraction of sp³-hybridized carbons (Fsp3) is 0.241. The molecule has 2 aliphatic heterocycles. The van der Waals surface area contributed by atoms with Gasteiger partial charge in [-0.3, -0.25) is 19.3 Å². The Kier molecular flexibility index (Phi) is 5.70. The Balaban J connectivity index is 1.75. The van der Waals surface area contributed by atoms with Crippen LogP contribution in [0.15, 0.2) is 78.9 Å². The predicted octanol–water partition coefficient (Wildman–Crippen LogP) is 4.97. The Bertz CT molecular complexity index is 1420. The summed E-state index contributed by atoms with van der Waals surface area (Å²) in [6.45, 7) is 5.00. The molecule has 2 atom stereocenters. The van der Waals surface area contributed by atoms with Crippen molar-refractivity contribution in [1.29, 1.82) is 0 Å². The van der Waals surface area contributed by atoms with Crippen LogP contribution in [0.25, 0.3) is 0 Å². The van der Waals surface area contributed by atoms with Gasteiger partial charge in [0.05, 0.1) is 17.3 Å². The third-order valence-electron chi connectivity index (χ3n) is 6.65. The highest BCUT2D eigenvalue weighted by Crippen LogP contribution is 2.54. The molecule has 0 N–H and O–H groups in total. The van der Waals surface area contributed by atoms with E-state index in [2.05, 4.69) is 0 Å². The smallest absolute Gasteiger partial charge is 0.421 e.